The van der Waals surface area contributed by atoms with Crippen molar-refractivity contribution in [1.82, 2.24) is 15.2 Å². The maximum absolute atomic E-state index is 11.9. The molecule has 3 amide bonds. The third-order valence-electron chi connectivity index (χ3n) is 2.58. The van der Waals surface area contributed by atoms with Crippen molar-refractivity contribution < 1.29 is 27.2 Å². The fourth-order valence-corrected chi connectivity index (χ4v) is 1.70. The first-order valence-corrected chi connectivity index (χ1v) is 5.99. The number of hydrogen-bond acceptors (Lipinski definition) is 4. The molecule has 10 heteroatoms. The molecule has 0 fully saturated rings. The van der Waals surface area contributed by atoms with Crippen molar-refractivity contribution in [2.75, 3.05) is 6.54 Å². The van der Waals surface area contributed by atoms with E-state index >= 15 is 0 Å². The molecule has 0 unspecified atom stereocenters. The summed E-state index contributed by atoms with van der Waals surface area (Å²) in [6.07, 6.45) is -4.59. The van der Waals surface area contributed by atoms with Crippen molar-refractivity contribution >= 4 is 23.0 Å². The molecule has 0 aliphatic rings. The van der Waals surface area contributed by atoms with Crippen LogP contribution in [0.25, 0.3) is 11.1 Å². The van der Waals surface area contributed by atoms with Crippen LogP contribution in [0.2, 0.25) is 0 Å². The summed E-state index contributed by atoms with van der Waals surface area (Å²) in [5.74, 6) is -1.76. The van der Waals surface area contributed by atoms with Crippen molar-refractivity contribution in [2.24, 2.45) is 0 Å². The topological polar surface area (TPSA) is 93.3 Å². The van der Waals surface area contributed by atoms with E-state index in [2.05, 4.69) is 0 Å². The van der Waals surface area contributed by atoms with Gasteiger partial charge in [-0.05, 0) is 12.1 Å². The molecule has 1 aromatic heterocycles. The summed E-state index contributed by atoms with van der Waals surface area (Å²) in [5, 5.41) is 3.17. The zero-order chi connectivity index (χ0) is 16.3. The summed E-state index contributed by atoms with van der Waals surface area (Å²) in [6.45, 7) is -2.13. The number of urea groups is 1. The first-order chi connectivity index (χ1) is 10.3. The van der Waals surface area contributed by atoms with Crippen LogP contribution in [0, 0.1) is 0 Å². The molecule has 2 N–H and O–H groups in total. The Bertz CT molecular complexity index is 763. The lowest BCUT2D eigenvalue weighted by molar-refractivity contribution is -0.124. The molecule has 2 aromatic rings. The molecule has 0 spiro atoms. The summed E-state index contributed by atoms with van der Waals surface area (Å²) >= 11 is 0. The predicted octanol–water partition coefficient (Wildman–Crippen LogP) is 0.983. The molecule has 0 saturated carbocycles. The number of aromatic nitrogens is 1. The van der Waals surface area contributed by atoms with Gasteiger partial charge < -0.3 is 9.73 Å². The zero-order valence-electron chi connectivity index (χ0n) is 10.9. The van der Waals surface area contributed by atoms with E-state index in [4.69, 9.17) is 4.42 Å². The Morgan fingerprint density at radius 1 is 1.23 bits per heavy atom. The summed E-state index contributed by atoms with van der Waals surface area (Å²) in [6, 6.07) is 4.98. The van der Waals surface area contributed by atoms with Crippen molar-refractivity contribution in [3.05, 3.63) is 34.8 Å². The number of nitrogens with zero attached hydrogens (tertiary/aromatic N) is 1. The molecule has 1 heterocycles. The van der Waals surface area contributed by atoms with Gasteiger partial charge in [-0.15, -0.1) is 0 Å². The van der Waals surface area contributed by atoms with Crippen LogP contribution in [0.5, 0.6) is 0 Å². The molecule has 118 valence electrons. The average Bonchev–Trinajstić information content (AvgIpc) is 2.72. The maximum Gasteiger partial charge on any atom is 0.420 e. The number of halogens is 3. The monoisotopic (exact) mass is 317 g/mol. The second kappa shape index (κ2) is 5.92. The number of carbonyl (C=O) groups excluding carboxylic acids is 2. The van der Waals surface area contributed by atoms with Crippen molar-refractivity contribution in [1.29, 1.82) is 0 Å². The Hall–Kier alpha value is -2.78. The number of nitrogens with one attached hydrogen (secondary N) is 2. The van der Waals surface area contributed by atoms with Crippen LogP contribution >= 0.6 is 0 Å². The Morgan fingerprint density at radius 3 is 2.59 bits per heavy atom. The molecule has 0 saturated heterocycles. The van der Waals surface area contributed by atoms with E-state index in [1.807, 2.05) is 0 Å². The summed E-state index contributed by atoms with van der Waals surface area (Å²) < 4.78 is 41.5. The van der Waals surface area contributed by atoms with Crippen molar-refractivity contribution in [2.45, 2.75) is 12.7 Å². The minimum atomic E-state index is -4.59. The number of fused-ring (bicyclic) bond motifs is 1. The van der Waals surface area contributed by atoms with Gasteiger partial charge in [-0.25, -0.2) is 9.59 Å². The van der Waals surface area contributed by atoms with Crippen LogP contribution < -0.4 is 16.4 Å². The number of benzene rings is 1. The number of alkyl halides is 3. The number of imide groups is 1. The van der Waals surface area contributed by atoms with Crippen LogP contribution in [-0.2, 0) is 11.3 Å². The average molecular weight is 317 g/mol. The standard InChI is InChI=1S/C12H10F3N3O4/c13-12(14,15)6-16-10(20)17-9(19)5-18-7-3-1-2-4-8(7)22-11(18)21/h1-4H,5-6H2,(H2,16,17,19,20). The van der Waals surface area contributed by atoms with Gasteiger partial charge in [-0.1, -0.05) is 12.1 Å². The minimum absolute atomic E-state index is 0.252. The second-order valence-corrected chi connectivity index (χ2v) is 4.27. The molecular weight excluding hydrogens is 307 g/mol. The number of oxazole rings is 1. The van der Waals surface area contributed by atoms with Gasteiger partial charge in [0.15, 0.2) is 5.58 Å². The summed E-state index contributed by atoms with van der Waals surface area (Å²) in [7, 11) is 0. The van der Waals surface area contributed by atoms with Gasteiger partial charge >= 0.3 is 18.0 Å². The van der Waals surface area contributed by atoms with Gasteiger partial charge in [0.25, 0.3) is 0 Å². The Morgan fingerprint density at radius 2 is 1.91 bits per heavy atom. The predicted molar refractivity (Wildman–Crippen MR) is 68.1 cm³/mol. The lowest BCUT2D eigenvalue weighted by atomic mass is 10.3. The largest absolute Gasteiger partial charge is 0.420 e. The van der Waals surface area contributed by atoms with Gasteiger partial charge in [0.1, 0.15) is 13.1 Å². The van der Waals surface area contributed by atoms with Crippen molar-refractivity contribution in [3.63, 3.8) is 0 Å². The first-order valence-electron chi connectivity index (χ1n) is 5.99. The van der Waals surface area contributed by atoms with Gasteiger partial charge in [-0.3, -0.25) is 14.7 Å². The number of carbonyl (C=O) groups is 2. The SMILES string of the molecule is O=C(Cn1c(=O)oc2ccccc21)NC(=O)NCC(F)(F)F. The van der Waals surface area contributed by atoms with E-state index < -0.39 is 37.0 Å². The molecule has 0 atom stereocenters. The fourth-order valence-electron chi connectivity index (χ4n) is 1.70. The second-order valence-electron chi connectivity index (χ2n) is 4.27. The van der Waals surface area contributed by atoms with Gasteiger partial charge in [0.05, 0.1) is 5.52 Å². The van der Waals surface area contributed by atoms with Crippen LogP contribution in [0.15, 0.2) is 33.5 Å². The molecule has 0 radical (unpaired) electrons. The molecule has 0 aliphatic carbocycles. The molecule has 1 aromatic carbocycles. The third kappa shape index (κ3) is 3.87. The van der Waals surface area contributed by atoms with E-state index in [9.17, 15) is 27.6 Å². The smallest absolute Gasteiger partial charge is 0.408 e. The van der Waals surface area contributed by atoms with Crippen LogP contribution in [0.3, 0.4) is 0 Å². The summed E-state index contributed by atoms with van der Waals surface area (Å²) in [5.41, 5.74) is 0.583. The lowest BCUT2D eigenvalue weighted by Gasteiger charge is -2.09. The Kier molecular flexibility index (Phi) is 4.20. The van der Waals surface area contributed by atoms with Crippen LogP contribution in [-0.4, -0.2) is 29.2 Å². The number of hydrogen-bond donors (Lipinski definition) is 2. The highest BCUT2D eigenvalue weighted by molar-refractivity contribution is 5.94. The first kappa shape index (κ1) is 15.6. The van der Waals surface area contributed by atoms with Gasteiger partial charge in [0.2, 0.25) is 5.91 Å². The van der Waals surface area contributed by atoms with E-state index in [-0.39, 0.29) is 5.58 Å². The third-order valence-corrected chi connectivity index (χ3v) is 2.58. The van der Waals surface area contributed by atoms with E-state index in [0.717, 1.165) is 4.57 Å². The van der Waals surface area contributed by atoms with Gasteiger partial charge in [-0.2, -0.15) is 13.2 Å². The molecule has 22 heavy (non-hydrogen) atoms. The Labute approximate surface area is 120 Å². The maximum atomic E-state index is 11.9. The van der Waals surface area contributed by atoms with E-state index in [1.54, 1.807) is 17.4 Å². The highest BCUT2D eigenvalue weighted by atomic mass is 19.4. The molecule has 2 rings (SSSR count). The van der Waals surface area contributed by atoms with E-state index in [0.29, 0.717) is 5.52 Å². The highest BCUT2D eigenvalue weighted by Gasteiger charge is 2.28. The molecule has 0 bridgehead atoms. The number of rotatable bonds is 3. The molecule has 0 aliphatic heterocycles. The highest BCUT2D eigenvalue weighted by Crippen LogP contribution is 2.12. The Balaban J connectivity index is 2.01. The van der Waals surface area contributed by atoms with Crippen LogP contribution in [0.4, 0.5) is 18.0 Å². The summed E-state index contributed by atoms with van der Waals surface area (Å²) in [4.78, 5) is 34.3. The number of para-hydroxylation sites is 2. The fraction of sp³-hybridized carbons (Fsp3) is 0.250. The van der Waals surface area contributed by atoms with Crippen LogP contribution in [0.1, 0.15) is 0 Å². The van der Waals surface area contributed by atoms with E-state index in [1.165, 1.54) is 17.4 Å². The van der Waals surface area contributed by atoms with Gasteiger partial charge in [0, 0.05) is 0 Å². The minimum Gasteiger partial charge on any atom is -0.408 e. The quantitative estimate of drug-likeness (QED) is 0.882. The van der Waals surface area contributed by atoms with Crippen molar-refractivity contribution in [3.8, 4) is 0 Å². The lowest BCUT2D eigenvalue weighted by Crippen LogP contribution is -2.44. The molecular formula is C12H10F3N3O4. The zero-order valence-corrected chi connectivity index (χ0v) is 10.9. The normalized spacial score (nSPS) is 11.4. The molecule has 7 nitrogen and oxygen atoms in total. The number of amides is 3.